The summed E-state index contributed by atoms with van der Waals surface area (Å²) < 4.78 is 13.9. The number of fused-ring (bicyclic) bond motifs is 2. The molecule has 0 aliphatic carbocycles. The van der Waals surface area contributed by atoms with Crippen LogP contribution in [0.4, 0.5) is 4.39 Å². The van der Waals surface area contributed by atoms with Crippen LogP contribution in [0.15, 0.2) is 84.9 Å². The number of rotatable bonds is 2. The molecule has 5 aromatic rings. The van der Waals surface area contributed by atoms with Gasteiger partial charge in [0, 0.05) is 16.3 Å². The van der Waals surface area contributed by atoms with E-state index in [9.17, 15) is 4.39 Å². The van der Waals surface area contributed by atoms with Crippen molar-refractivity contribution in [2.45, 2.75) is 0 Å². The highest BCUT2D eigenvalue weighted by Gasteiger charge is 2.13. The molecule has 0 saturated heterocycles. The van der Waals surface area contributed by atoms with Gasteiger partial charge in [-0.2, -0.15) is 0 Å². The first-order valence-electron chi connectivity index (χ1n) is 8.67. The highest BCUT2D eigenvalue weighted by molar-refractivity contribution is 5.93. The molecular weight excluding hydrogens is 337 g/mol. The fourth-order valence-corrected chi connectivity index (χ4v) is 3.22. The maximum absolute atomic E-state index is 13.9. The number of nitrogens with zero attached hydrogens (tertiary/aromatic N) is 3. The molecule has 0 aliphatic rings. The fourth-order valence-electron chi connectivity index (χ4n) is 3.22. The molecule has 2 heterocycles. The number of hydrogen-bond donors (Lipinski definition) is 0. The van der Waals surface area contributed by atoms with Crippen LogP contribution < -0.4 is 0 Å². The van der Waals surface area contributed by atoms with Gasteiger partial charge >= 0.3 is 0 Å². The Morgan fingerprint density at radius 2 is 1.44 bits per heavy atom. The molecule has 4 heteroatoms. The minimum atomic E-state index is -0.306. The van der Waals surface area contributed by atoms with E-state index in [0.717, 1.165) is 16.5 Å². The minimum Gasteiger partial charge on any atom is -0.244 e. The summed E-state index contributed by atoms with van der Waals surface area (Å²) in [4.78, 5) is 14.1. The van der Waals surface area contributed by atoms with E-state index in [1.54, 1.807) is 6.07 Å². The first-order chi connectivity index (χ1) is 13.3. The van der Waals surface area contributed by atoms with Crippen molar-refractivity contribution in [1.82, 2.24) is 15.0 Å². The van der Waals surface area contributed by atoms with Crippen LogP contribution in [-0.2, 0) is 0 Å². The normalized spacial score (nSPS) is 11.1. The Hall–Kier alpha value is -3.66. The molecule has 0 radical (unpaired) electrons. The van der Waals surface area contributed by atoms with Gasteiger partial charge in [-0.3, -0.25) is 0 Å². The van der Waals surface area contributed by atoms with E-state index in [4.69, 9.17) is 9.97 Å². The van der Waals surface area contributed by atoms with Gasteiger partial charge in [0.25, 0.3) is 0 Å². The lowest BCUT2D eigenvalue weighted by Crippen LogP contribution is -1.97. The zero-order valence-electron chi connectivity index (χ0n) is 14.3. The zero-order valence-corrected chi connectivity index (χ0v) is 14.3. The molecule has 2 aromatic heterocycles. The Balaban J connectivity index is 1.78. The molecule has 0 spiro atoms. The average Bonchev–Trinajstić information content (AvgIpc) is 2.73. The van der Waals surface area contributed by atoms with Crippen molar-refractivity contribution in [3.05, 3.63) is 90.7 Å². The third-order valence-corrected chi connectivity index (χ3v) is 4.53. The first kappa shape index (κ1) is 15.6. The lowest BCUT2D eigenvalue weighted by molar-refractivity contribution is 0.629. The number of para-hydroxylation sites is 1. The highest BCUT2D eigenvalue weighted by atomic mass is 19.1. The summed E-state index contributed by atoms with van der Waals surface area (Å²) in [5.74, 6) is 0.221. The highest BCUT2D eigenvalue weighted by Crippen LogP contribution is 2.29. The number of benzene rings is 3. The molecule has 0 N–H and O–H groups in total. The summed E-state index contributed by atoms with van der Waals surface area (Å²) in [6, 6.07) is 26.2. The average molecular weight is 351 g/mol. The van der Waals surface area contributed by atoms with Crippen LogP contribution in [0.25, 0.3) is 44.6 Å². The van der Waals surface area contributed by atoms with Gasteiger partial charge in [0.1, 0.15) is 11.5 Å². The van der Waals surface area contributed by atoms with Gasteiger partial charge in [-0.25, -0.2) is 19.3 Å². The second-order valence-corrected chi connectivity index (χ2v) is 6.31. The Labute approximate surface area is 155 Å². The zero-order chi connectivity index (χ0) is 18.2. The number of halogens is 1. The third-order valence-electron chi connectivity index (χ3n) is 4.53. The molecule has 0 unspecified atom stereocenters. The lowest BCUT2D eigenvalue weighted by Gasteiger charge is -2.09. The monoisotopic (exact) mass is 351 g/mol. The maximum atomic E-state index is 13.9. The fraction of sp³-hybridized carbons (Fsp3) is 0. The number of hydrogen-bond acceptors (Lipinski definition) is 3. The molecule has 0 bridgehead atoms. The molecule has 0 amide bonds. The van der Waals surface area contributed by atoms with Crippen LogP contribution >= 0.6 is 0 Å². The van der Waals surface area contributed by atoms with Gasteiger partial charge in [0.2, 0.25) is 0 Å². The molecule has 27 heavy (non-hydrogen) atoms. The van der Waals surface area contributed by atoms with Gasteiger partial charge in [-0.1, -0.05) is 54.6 Å². The van der Waals surface area contributed by atoms with Gasteiger partial charge in [0.15, 0.2) is 5.82 Å². The Morgan fingerprint density at radius 1 is 0.630 bits per heavy atom. The second kappa shape index (κ2) is 6.25. The van der Waals surface area contributed by atoms with E-state index in [0.29, 0.717) is 28.1 Å². The van der Waals surface area contributed by atoms with Crippen molar-refractivity contribution in [2.24, 2.45) is 0 Å². The summed E-state index contributed by atoms with van der Waals surface area (Å²) >= 11 is 0. The molecule has 3 aromatic carbocycles. The molecule has 0 saturated carbocycles. The summed E-state index contributed by atoms with van der Waals surface area (Å²) in [5.41, 5.74) is 3.88. The Kier molecular flexibility index (Phi) is 3.61. The van der Waals surface area contributed by atoms with Gasteiger partial charge in [-0.15, -0.1) is 0 Å². The predicted octanol–water partition coefficient (Wildman–Crippen LogP) is 5.65. The van der Waals surface area contributed by atoms with E-state index in [1.165, 1.54) is 12.1 Å². The van der Waals surface area contributed by atoms with E-state index < -0.39 is 0 Å². The van der Waals surface area contributed by atoms with Crippen LogP contribution in [0.3, 0.4) is 0 Å². The van der Waals surface area contributed by atoms with Crippen LogP contribution in [0.1, 0.15) is 0 Å². The Bertz CT molecular complexity index is 1280. The number of aromatic nitrogens is 3. The predicted molar refractivity (Wildman–Crippen MR) is 106 cm³/mol. The third kappa shape index (κ3) is 2.81. The SMILES string of the molecule is Fc1ccc2nc(-c3ccc4ccccc4n3)nc(-c3ccccc3)c2c1. The summed E-state index contributed by atoms with van der Waals surface area (Å²) in [7, 11) is 0. The lowest BCUT2D eigenvalue weighted by atomic mass is 10.1. The first-order valence-corrected chi connectivity index (χ1v) is 8.67. The maximum Gasteiger partial charge on any atom is 0.179 e. The van der Waals surface area contributed by atoms with Crippen molar-refractivity contribution in [3.8, 4) is 22.8 Å². The van der Waals surface area contributed by atoms with E-state index in [2.05, 4.69) is 4.98 Å². The largest absolute Gasteiger partial charge is 0.244 e. The van der Waals surface area contributed by atoms with Gasteiger partial charge in [-0.05, 0) is 30.3 Å². The molecular formula is C23H14FN3. The minimum absolute atomic E-state index is 0.306. The van der Waals surface area contributed by atoms with Crippen LogP contribution in [0, 0.1) is 5.82 Å². The smallest absolute Gasteiger partial charge is 0.179 e. The second-order valence-electron chi connectivity index (χ2n) is 6.31. The van der Waals surface area contributed by atoms with Crippen molar-refractivity contribution in [2.75, 3.05) is 0 Å². The van der Waals surface area contributed by atoms with Crippen molar-refractivity contribution in [1.29, 1.82) is 0 Å². The quantitative estimate of drug-likeness (QED) is 0.412. The van der Waals surface area contributed by atoms with E-state index in [1.807, 2.05) is 66.7 Å². The van der Waals surface area contributed by atoms with Crippen molar-refractivity contribution in [3.63, 3.8) is 0 Å². The van der Waals surface area contributed by atoms with Crippen LogP contribution in [0.2, 0.25) is 0 Å². The van der Waals surface area contributed by atoms with Crippen molar-refractivity contribution < 1.29 is 4.39 Å². The molecule has 0 atom stereocenters. The molecule has 3 nitrogen and oxygen atoms in total. The van der Waals surface area contributed by atoms with Gasteiger partial charge in [0.05, 0.1) is 16.7 Å². The summed E-state index contributed by atoms with van der Waals surface area (Å²) in [6.07, 6.45) is 0. The van der Waals surface area contributed by atoms with E-state index >= 15 is 0 Å². The van der Waals surface area contributed by atoms with Crippen LogP contribution in [0.5, 0.6) is 0 Å². The standard InChI is InChI=1S/C23H14FN3/c24-17-11-13-20-18(14-17)22(16-7-2-1-3-8-16)27-23(26-20)21-12-10-15-6-4-5-9-19(15)25-21/h1-14H. The topological polar surface area (TPSA) is 38.7 Å². The summed E-state index contributed by atoms with van der Waals surface area (Å²) in [5, 5.41) is 1.75. The number of pyridine rings is 1. The molecule has 5 rings (SSSR count). The van der Waals surface area contributed by atoms with E-state index in [-0.39, 0.29) is 5.82 Å². The summed E-state index contributed by atoms with van der Waals surface area (Å²) in [6.45, 7) is 0. The molecule has 0 aliphatic heterocycles. The van der Waals surface area contributed by atoms with Crippen LogP contribution in [-0.4, -0.2) is 15.0 Å². The molecule has 128 valence electrons. The Morgan fingerprint density at radius 3 is 2.33 bits per heavy atom. The molecule has 0 fully saturated rings. The van der Waals surface area contributed by atoms with Gasteiger partial charge < -0.3 is 0 Å². The van der Waals surface area contributed by atoms with Crippen molar-refractivity contribution >= 4 is 21.8 Å².